The summed E-state index contributed by atoms with van der Waals surface area (Å²) in [7, 11) is 0. The third kappa shape index (κ3) is 6.22. The summed E-state index contributed by atoms with van der Waals surface area (Å²) in [6.45, 7) is 0.944. The topological polar surface area (TPSA) is 90.5 Å². The molecule has 4 amide bonds. The summed E-state index contributed by atoms with van der Waals surface area (Å²) in [5, 5.41) is 9.14. The van der Waals surface area contributed by atoms with Crippen molar-refractivity contribution in [3.05, 3.63) is 59.1 Å². The van der Waals surface area contributed by atoms with Crippen LogP contribution in [0.5, 0.6) is 0 Å². The number of halogens is 1. The van der Waals surface area contributed by atoms with Gasteiger partial charge >= 0.3 is 6.03 Å². The third-order valence-electron chi connectivity index (χ3n) is 4.75. The smallest absolute Gasteiger partial charge is 0.322 e. The molecule has 0 saturated heterocycles. The van der Waals surface area contributed by atoms with Gasteiger partial charge < -0.3 is 16.0 Å². The molecule has 0 bridgehead atoms. The van der Waals surface area contributed by atoms with Crippen molar-refractivity contribution >= 4 is 40.8 Å². The van der Waals surface area contributed by atoms with Crippen LogP contribution in [0.25, 0.3) is 0 Å². The minimum atomic E-state index is -0.295. The van der Waals surface area contributed by atoms with E-state index in [1.807, 2.05) is 30.3 Å². The van der Waals surface area contributed by atoms with Gasteiger partial charge in [0, 0.05) is 24.5 Å². The molecule has 2 aromatic carbocycles. The highest BCUT2D eigenvalue weighted by atomic mass is 35.5. The molecule has 1 heterocycles. The van der Waals surface area contributed by atoms with Crippen molar-refractivity contribution in [1.29, 1.82) is 0 Å². The minimum Gasteiger partial charge on any atom is -0.352 e. The van der Waals surface area contributed by atoms with Crippen LogP contribution in [0.2, 0.25) is 5.02 Å². The van der Waals surface area contributed by atoms with Gasteiger partial charge in [0.05, 0.1) is 11.4 Å². The Hall–Kier alpha value is -3.06. The van der Waals surface area contributed by atoms with E-state index in [0.29, 0.717) is 35.9 Å². The fourth-order valence-electron chi connectivity index (χ4n) is 3.23. The van der Waals surface area contributed by atoms with Gasteiger partial charge in [0.25, 0.3) is 0 Å². The van der Waals surface area contributed by atoms with Crippen molar-refractivity contribution in [3.63, 3.8) is 0 Å². The number of nitrogens with zero attached hydrogens (tertiary/aromatic N) is 1. The maximum Gasteiger partial charge on any atom is 0.322 e. The van der Waals surface area contributed by atoms with E-state index >= 15 is 0 Å². The van der Waals surface area contributed by atoms with Gasteiger partial charge in [-0.1, -0.05) is 42.3 Å². The van der Waals surface area contributed by atoms with Gasteiger partial charge in [0.15, 0.2) is 0 Å². The Morgan fingerprint density at radius 3 is 2.70 bits per heavy atom. The Morgan fingerprint density at radius 2 is 1.87 bits per heavy atom. The summed E-state index contributed by atoms with van der Waals surface area (Å²) >= 11 is 5.93. The molecule has 0 radical (unpaired) electrons. The van der Waals surface area contributed by atoms with Crippen LogP contribution in [-0.2, 0) is 16.1 Å². The number of hydrogen-bond donors (Lipinski definition) is 3. The fraction of sp³-hybridized carbons (Fsp3) is 0.318. The van der Waals surface area contributed by atoms with Crippen LogP contribution in [0.15, 0.2) is 48.5 Å². The zero-order valence-corrected chi connectivity index (χ0v) is 17.4. The third-order valence-corrected chi connectivity index (χ3v) is 4.99. The highest BCUT2D eigenvalue weighted by Crippen LogP contribution is 2.28. The molecule has 2 aromatic rings. The van der Waals surface area contributed by atoms with Crippen LogP contribution in [-0.4, -0.2) is 30.9 Å². The van der Waals surface area contributed by atoms with Crippen LogP contribution in [0, 0.1) is 0 Å². The molecule has 7 nitrogen and oxygen atoms in total. The molecule has 0 spiro atoms. The molecule has 0 atom stereocenters. The first-order chi connectivity index (χ1) is 14.5. The summed E-state index contributed by atoms with van der Waals surface area (Å²) < 4.78 is 0. The summed E-state index contributed by atoms with van der Waals surface area (Å²) in [6, 6.07) is 14.3. The lowest BCUT2D eigenvalue weighted by Crippen LogP contribution is -2.47. The number of rotatable bonds is 8. The molecule has 8 heteroatoms. The highest BCUT2D eigenvalue weighted by molar-refractivity contribution is 6.30. The molecule has 30 heavy (non-hydrogen) atoms. The van der Waals surface area contributed by atoms with Gasteiger partial charge in [-0.15, -0.1) is 0 Å². The second kappa shape index (κ2) is 10.6. The normalized spacial score (nSPS) is 12.7. The maximum absolute atomic E-state index is 12.5. The second-order valence-electron chi connectivity index (χ2n) is 7.10. The standard InChI is InChI=1S/C22H25ClN4O3/c23-17-8-6-7-16(13-17)14-25-20(28)11-2-1-5-12-24-22(30)27-15-21(29)26-18-9-3-4-10-19(18)27/h3-4,6-10,13H,1-2,5,11-12,14-15H2,(H,24,30)(H,25,28)(H,26,29). The van der Waals surface area contributed by atoms with E-state index in [4.69, 9.17) is 11.6 Å². The van der Waals surface area contributed by atoms with Crippen LogP contribution >= 0.6 is 11.6 Å². The summed E-state index contributed by atoms with van der Waals surface area (Å²) in [6.07, 6.45) is 2.76. The second-order valence-corrected chi connectivity index (χ2v) is 7.54. The lowest BCUT2D eigenvalue weighted by molar-refractivity contribution is -0.121. The van der Waals surface area contributed by atoms with Gasteiger partial charge in [0.1, 0.15) is 6.54 Å². The van der Waals surface area contributed by atoms with Crippen LogP contribution in [0.3, 0.4) is 0 Å². The first-order valence-electron chi connectivity index (χ1n) is 9.98. The number of hydrogen-bond acceptors (Lipinski definition) is 3. The number of amides is 4. The van der Waals surface area contributed by atoms with Crippen LogP contribution < -0.4 is 20.9 Å². The molecule has 1 aliphatic rings. The van der Waals surface area contributed by atoms with Gasteiger partial charge in [0.2, 0.25) is 11.8 Å². The summed E-state index contributed by atoms with van der Waals surface area (Å²) in [5.41, 5.74) is 2.28. The predicted molar refractivity (Wildman–Crippen MR) is 118 cm³/mol. The first-order valence-corrected chi connectivity index (χ1v) is 10.4. The fourth-order valence-corrected chi connectivity index (χ4v) is 3.44. The number of carbonyl (C=O) groups excluding carboxylic acids is 3. The number of anilines is 2. The first kappa shape index (κ1) is 21.6. The quantitative estimate of drug-likeness (QED) is 0.560. The highest BCUT2D eigenvalue weighted by Gasteiger charge is 2.26. The van der Waals surface area contributed by atoms with Crippen molar-refractivity contribution in [2.45, 2.75) is 32.2 Å². The number of para-hydroxylation sites is 2. The van der Waals surface area contributed by atoms with E-state index in [1.54, 1.807) is 18.2 Å². The van der Waals surface area contributed by atoms with Crippen molar-refractivity contribution in [3.8, 4) is 0 Å². The van der Waals surface area contributed by atoms with Crippen LogP contribution in [0.1, 0.15) is 31.2 Å². The Morgan fingerprint density at radius 1 is 1.03 bits per heavy atom. The van der Waals surface area contributed by atoms with Gasteiger partial charge in [-0.05, 0) is 42.7 Å². The lowest BCUT2D eigenvalue weighted by Gasteiger charge is -2.29. The Kier molecular flexibility index (Phi) is 7.68. The molecule has 0 aliphatic carbocycles. The maximum atomic E-state index is 12.5. The number of benzene rings is 2. The SMILES string of the molecule is O=C(CCCCCNC(=O)N1CC(=O)Nc2ccccc21)NCc1cccc(Cl)c1. The van der Waals surface area contributed by atoms with E-state index in [0.717, 1.165) is 24.8 Å². The molecule has 0 unspecified atom stereocenters. The molecule has 3 rings (SSSR count). The summed E-state index contributed by atoms with van der Waals surface area (Å²) in [5.74, 6) is -0.220. The number of carbonyl (C=O) groups is 3. The number of unbranched alkanes of at least 4 members (excludes halogenated alkanes) is 2. The van der Waals surface area contributed by atoms with Crippen molar-refractivity contribution in [2.24, 2.45) is 0 Å². The number of urea groups is 1. The zero-order chi connectivity index (χ0) is 21.3. The Balaban J connectivity index is 1.31. The van der Waals surface area contributed by atoms with E-state index in [2.05, 4.69) is 16.0 Å². The Bertz CT molecular complexity index is 919. The van der Waals surface area contributed by atoms with Crippen LogP contribution in [0.4, 0.5) is 16.2 Å². The number of nitrogens with one attached hydrogen (secondary N) is 3. The predicted octanol–water partition coefficient (Wildman–Crippen LogP) is 3.68. The van der Waals surface area contributed by atoms with E-state index in [9.17, 15) is 14.4 Å². The average molecular weight is 429 g/mol. The number of fused-ring (bicyclic) bond motifs is 1. The van der Waals surface area contributed by atoms with Gasteiger partial charge in [-0.3, -0.25) is 14.5 Å². The largest absolute Gasteiger partial charge is 0.352 e. The van der Waals surface area contributed by atoms with E-state index in [-0.39, 0.29) is 24.4 Å². The average Bonchev–Trinajstić information content (AvgIpc) is 2.74. The van der Waals surface area contributed by atoms with Gasteiger partial charge in [-0.25, -0.2) is 4.79 Å². The lowest BCUT2D eigenvalue weighted by atomic mass is 10.1. The summed E-state index contributed by atoms with van der Waals surface area (Å²) in [4.78, 5) is 37.6. The molecule has 0 aromatic heterocycles. The Labute approximate surface area is 180 Å². The van der Waals surface area contributed by atoms with E-state index < -0.39 is 0 Å². The molecular formula is C22H25ClN4O3. The molecule has 0 fully saturated rings. The zero-order valence-electron chi connectivity index (χ0n) is 16.6. The van der Waals surface area contributed by atoms with Crippen molar-refractivity contribution in [1.82, 2.24) is 10.6 Å². The van der Waals surface area contributed by atoms with Crippen molar-refractivity contribution in [2.75, 3.05) is 23.3 Å². The molecule has 3 N–H and O–H groups in total. The van der Waals surface area contributed by atoms with Crippen molar-refractivity contribution < 1.29 is 14.4 Å². The molecule has 158 valence electrons. The minimum absolute atomic E-state index is 0.00432. The monoisotopic (exact) mass is 428 g/mol. The van der Waals surface area contributed by atoms with E-state index in [1.165, 1.54) is 4.90 Å². The van der Waals surface area contributed by atoms with Gasteiger partial charge in [-0.2, -0.15) is 0 Å². The molecule has 1 aliphatic heterocycles. The molecule has 0 saturated carbocycles. The molecular weight excluding hydrogens is 404 g/mol.